The summed E-state index contributed by atoms with van der Waals surface area (Å²) in [5, 5.41) is 9.12. The van der Waals surface area contributed by atoms with Gasteiger partial charge in [-0.2, -0.15) is 0 Å². The van der Waals surface area contributed by atoms with Crippen molar-refractivity contribution in [3.63, 3.8) is 0 Å². The standard InChI is InChI=1S/C18H25NO5/c1-11(2)14-6-5-7-15(8-14)24-13(4)17(20)19-9-12(3)23-16(10-19)18(21)22/h5-8,11-13,16H,9-10H2,1-4H3,(H,21,22)/t12-,13?,16?/m1/s1. The van der Waals surface area contributed by atoms with Crippen molar-refractivity contribution in [3.8, 4) is 5.75 Å². The number of carbonyl (C=O) groups excluding carboxylic acids is 1. The Balaban J connectivity index is 2.03. The first-order valence-corrected chi connectivity index (χ1v) is 8.21. The number of rotatable bonds is 5. The number of nitrogens with zero attached hydrogens (tertiary/aromatic N) is 1. The number of ether oxygens (including phenoxy) is 2. The summed E-state index contributed by atoms with van der Waals surface area (Å²) in [6, 6.07) is 7.67. The second kappa shape index (κ2) is 7.66. The maximum atomic E-state index is 12.6. The second-order valence-corrected chi connectivity index (χ2v) is 6.50. The largest absolute Gasteiger partial charge is 0.481 e. The number of morpholine rings is 1. The zero-order valence-corrected chi connectivity index (χ0v) is 14.6. The van der Waals surface area contributed by atoms with Gasteiger partial charge in [-0.25, -0.2) is 4.79 Å². The molecule has 2 unspecified atom stereocenters. The van der Waals surface area contributed by atoms with Crippen LogP contribution in [-0.2, 0) is 14.3 Å². The first-order valence-electron chi connectivity index (χ1n) is 8.21. The van der Waals surface area contributed by atoms with Gasteiger partial charge in [0.25, 0.3) is 5.91 Å². The SMILES string of the molecule is CC(Oc1cccc(C(C)C)c1)C(=O)N1CC(C(=O)O)O[C@H](C)C1. The number of aliphatic carboxylic acids is 1. The lowest BCUT2D eigenvalue weighted by Gasteiger charge is -2.36. The van der Waals surface area contributed by atoms with Gasteiger partial charge >= 0.3 is 5.97 Å². The summed E-state index contributed by atoms with van der Waals surface area (Å²) in [5.41, 5.74) is 1.14. The Morgan fingerprint density at radius 1 is 1.29 bits per heavy atom. The van der Waals surface area contributed by atoms with E-state index in [4.69, 9.17) is 14.6 Å². The van der Waals surface area contributed by atoms with Crippen molar-refractivity contribution in [3.05, 3.63) is 29.8 Å². The van der Waals surface area contributed by atoms with E-state index in [1.165, 1.54) is 4.90 Å². The van der Waals surface area contributed by atoms with Crippen LogP contribution in [-0.4, -0.2) is 53.3 Å². The summed E-state index contributed by atoms with van der Waals surface area (Å²) in [5.74, 6) is -0.280. The van der Waals surface area contributed by atoms with Crippen molar-refractivity contribution in [1.82, 2.24) is 4.90 Å². The number of carbonyl (C=O) groups is 2. The first kappa shape index (κ1) is 18.3. The van der Waals surface area contributed by atoms with E-state index in [-0.39, 0.29) is 18.6 Å². The molecule has 6 nitrogen and oxygen atoms in total. The molecule has 0 spiro atoms. The molecular formula is C18H25NO5. The molecule has 1 aliphatic rings. The molecule has 6 heteroatoms. The fraction of sp³-hybridized carbons (Fsp3) is 0.556. The summed E-state index contributed by atoms with van der Waals surface area (Å²) in [7, 11) is 0. The van der Waals surface area contributed by atoms with E-state index >= 15 is 0 Å². The molecule has 1 heterocycles. The molecule has 1 fully saturated rings. The number of hydrogen-bond acceptors (Lipinski definition) is 4. The fourth-order valence-corrected chi connectivity index (χ4v) is 2.73. The molecule has 1 amide bonds. The maximum Gasteiger partial charge on any atom is 0.334 e. The highest BCUT2D eigenvalue weighted by Gasteiger charge is 2.34. The molecular weight excluding hydrogens is 310 g/mol. The highest BCUT2D eigenvalue weighted by Crippen LogP contribution is 2.22. The maximum absolute atomic E-state index is 12.6. The van der Waals surface area contributed by atoms with Crippen LogP contribution in [0.1, 0.15) is 39.2 Å². The minimum absolute atomic E-state index is 0.0399. The van der Waals surface area contributed by atoms with Gasteiger partial charge in [-0.15, -0.1) is 0 Å². The van der Waals surface area contributed by atoms with Gasteiger partial charge in [0.2, 0.25) is 0 Å². The molecule has 0 saturated carbocycles. The lowest BCUT2D eigenvalue weighted by atomic mass is 10.0. The molecule has 0 radical (unpaired) electrons. The molecule has 3 atom stereocenters. The monoisotopic (exact) mass is 335 g/mol. The first-order chi connectivity index (χ1) is 11.3. The number of carboxylic acid groups (broad SMARTS) is 1. The van der Waals surface area contributed by atoms with Gasteiger partial charge in [0, 0.05) is 6.54 Å². The third kappa shape index (κ3) is 4.47. The van der Waals surface area contributed by atoms with E-state index in [0.29, 0.717) is 18.2 Å². The Kier molecular flexibility index (Phi) is 5.83. The Hall–Kier alpha value is -2.08. The van der Waals surface area contributed by atoms with Crippen LogP contribution in [0.15, 0.2) is 24.3 Å². The van der Waals surface area contributed by atoms with E-state index in [0.717, 1.165) is 5.56 Å². The highest BCUT2D eigenvalue weighted by atomic mass is 16.5. The third-order valence-corrected chi connectivity index (χ3v) is 4.03. The van der Waals surface area contributed by atoms with Crippen molar-refractivity contribution in [2.75, 3.05) is 13.1 Å². The minimum Gasteiger partial charge on any atom is -0.481 e. The quantitative estimate of drug-likeness (QED) is 0.893. The Morgan fingerprint density at radius 2 is 2.00 bits per heavy atom. The average Bonchev–Trinajstić information content (AvgIpc) is 2.53. The molecule has 0 bridgehead atoms. The Labute approximate surface area is 142 Å². The van der Waals surface area contributed by atoms with Crippen LogP contribution in [0.4, 0.5) is 0 Å². The number of amides is 1. The van der Waals surface area contributed by atoms with Crippen molar-refractivity contribution in [2.45, 2.75) is 51.9 Å². The topological polar surface area (TPSA) is 76.1 Å². The smallest absolute Gasteiger partial charge is 0.334 e. The van der Waals surface area contributed by atoms with Gasteiger partial charge in [0.1, 0.15) is 5.75 Å². The molecule has 1 N–H and O–H groups in total. The van der Waals surface area contributed by atoms with Crippen LogP contribution >= 0.6 is 0 Å². The predicted molar refractivity (Wildman–Crippen MR) is 89.2 cm³/mol. The molecule has 2 rings (SSSR count). The van der Waals surface area contributed by atoms with Gasteiger partial charge in [-0.3, -0.25) is 4.79 Å². The van der Waals surface area contributed by atoms with Gasteiger partial charge in [-0.05, 0) is 37.5 Å². The lowest BCUT2D eigenvalue weighted by molar-refractivity contribution is -0.168. The lowest BCUT2D eigenvalue weighted by Crippen LogP contribution is -2.54. The summed E-state index contributed by atoms with van der Waals surface area (Å²) in [4.78, 5) is 25.2. The molecule has 0 aliphatic carbocycles. The van der Waals surface area contributed by atoms with E-state index in [2.05, 4.69) is 13.8 Å². The zero-order valence-electron chi connectivity index (χ0n) is 14.6. The summed E-state index contributed by atoms with van der Waals surface area (Å²) < 4.78 is 11.1. The van der Waals surface area contributed by atoms with Gasteiger partial charge in [0.05, 0.1) is 12.6 Å². The van der Waals surface area contributed by atoms with Crippen LogP contribution < -0.4 is 4.74 Å². The van der Waals surface area contributed by atoms with E-state index < -0.39 is 18.2 Å². The molecule has 132 valence electrons. The average molecular weight is 335 g/mol. The number of benzene rings is 1. The van der Waals surface area contributed by atoms with Crippen LogP contribution in [0.3, 0.4) is 0 Å². The summed E-state index contributed by atoms with van der Waals surface area (Å²) in [6.07, 6.45) is -2.00. The normalized spacial score (nSPS) is 22.3. The molecule has 1 saturated heterocycles. The zero-order chi connectivity index (χ0) is 17.9. The van der Waals surface area contributed by atoms with Crippen LogP contribution in [0.25, 0.3) is 0 Å². The van der Waals surface area contributed by atoms with Crippen LogP contribution in [0.2, 0.25) is 0 Å². The minimum atomic E-state index is -1.06. The second-order valence-electron chi connectivity index (χ2n) is 6.50. The van der Waals surface area contributed by atoms with Crippen molar-refractivity contribution in [2.24, 2.45) is 0 Å². The molecule has 24 heavy (non-hydrogen) atoms. The molecule has 1 aromatic carbocycles. The highest BCUT2D eigenvalue weighted by molar-refractivity contribution is 5.82. The summed E-state index contributed by atoms with van der Waals surface area (Å²) in [6.45, 7) is 8.03. The summed E-state index contributed by atoms with van der Waals surface area (Å²) >= 11 is 0. The Morgan fingerprint density at radius 3 is 2.62 bits per heavy atom. The van der Waals surface area contributed by atoms with Crippen molar-refractivity contribution in [1.29, 1.82) is 0 Å². The third-order valence-electron chi connectivity index (χ3n) is 4.03. The van der Waals surface area contributed by atoms with Gasteiger partial charge < -0.3 is 19.5 Å². The van der Waals surface area contributed by atoms with E-state index in [9.17, 15) is 9.59 Å². The molecule has 1 aromatic rings. The molecule has 0 aromatic heterocycles. The molecule has 1 aliphatic heterocycles. The number of hydrogen-bond donors (Lipinski definition) is 1. The predicted octanol–water partition coefficient (Wildman–Crippen LogP) is 2.28. The van der Waals surface area contributed by atoms with Gasteiger partial charge in [-0.1, -0.05) is 26.0 Å². The van der Waals surface area contributed by atoms with Crippen LogP contribution in [0, 0.1) is 0 Å². The van der Waals surface area contributed by atoms with E-state index in [1.807, 2.05) is 24.3 Å². The number of carboxylic acids is 1. The van der Waals surface area contributed by atoms with Crippen molar-refractivity contribution >= 4 is 11.9 Å². The van der Waals surface area contributed by atoms with Gasteiger partial charge in [0.15, 0.2) is 12.2 Å². The van der Waals surface area contributed by atoms with Crippen molar-refractivity contribution < 1.29 is 24.2 Å². The van der Waals surface area contributed by atoms with Crippen LogP contribution in [0.5, 0.6) is 5.75 Å². The van der Waals surface area contributed by atoms with E-state index in [1.54, 1.807) is 13.8 Å². The fourth-order valence-electron chi connectivity index (χ4n) is 2.73. The Bertz CT molecular complexity index is 601.